The van der Waals surface area contributed by atoms with Crippen LogP contribution in [0.1, 0.15) is 56.6 Å². The van der Waals surface area contributed by atoms with E-state index in [1.807, 2.05) is 24.0 Å². The number of hydrogen-bond donors (Lipinski definition) is 2. The van der Waals surface area contributed by atoms with Crippen molar-refractivity contribution >= 4 is 5.91 Å². The third kappa shape index (κ3) is 5.91. The van der Waals surface area contributed by atoms with E-state index in [2.05, 4.69) is 42.0 Å². The van der Waals surface area contributed by atoms with Gasteiger partial charge in [0.05, 0.1) is 12.2 Å². The summed E-state index contributed by atoms with van der Waals surface area (Å²) in [4.78, 5) is 16.9. The lowest BCUT2D eigenvalue weighted by atomic mass is 9.86. The lowest BCUT2D eigenvalue weighted by molar-refractivity contribution is -0.132. The van der Waals surface area contributed by atoms with Gasteiger partial charge in [0.2, 0.25) is 5.91 Å². The SMILES string of the molecule is CC#CC[C@@H](C)[C@H](O)C=C[C@@H]1[C@H]2c3cccc(CCCC(=O)N4CCN(C)CC4)c3O[C@H]2C[C@H]1O. The third-order valence-corrected chi connectivity index (χ3v) is 7.90. The van der Waals surface area contributed by atoms with Gasteiger partial charge in [0.15, 0.2) is 0 Å². The Hall–Kier alpha value is -2.33. The zero-order valence-corrected chi connectivity index (χ0v) is 21.3. The van der Waals surface area contributed by atoms with Crippen molar-refractivity contribution in [2.24, 2.45) is 11.8 Å². The number of aliphatic hydroxyl groups is 2. The molecule has 1 aromatic carbocycles. The molecule has 1 aromatic rings. The van der Waals surface area contributed by atoms with Gasteiger partial charge >= 0.3 is 0 Å². The highest BCUT2D eigenvalue weighted by atomic mass is 16.5. The molecule has 1 saturated carbocycles. The Bertz CT molecular complexity index is 973. The van der Waals surface area contributed by atoms with Crippen LogP contribution in [0.5, 0.6) is 5.75 Å². The highest BCUT2D eigenvalue weighted by molar-refractivity contribution is 5.76. The molecule has 6 heteroatoms. The van der Waals surface area contributed by atoms with Crippen molar-refractivity contribution in [1.82, 2.24) is 9.80 Å². The second-order valence-electron chi connectivity index (χ2n) is 10.4. The van der Waals surface area contributed by atoms with Crippen LogP contribution >= 0.6 is 0 Å². The van der Waals surface area contributed by atoms with Gasteiger partial charge in [-0.2, -0.15) is 0 Å². The van der Waals surface area contributed by atoms with Gasteiger partial charge < -0.3 is 24.7 Å². The minimum atomic E-state index is -0.590. The van der Waals surface area contributed by atoms with E-state index in [0.29, 0.717) is 19.3 Å². The van der Waals surface area contributed by atoms with Gasteiger partial charge in [-0.05, 0) is 38.3 Å². The average molecular weight is 481 g/mol. The topological polar surface area (TPSA) is 73.2 Å². The van der Waals surface area contributed by atoms with Crippen molar-refractivity contribution in [1.29, 1.82) is 0 Å². The molecule has 190 valence electrons. The van der Waals surface area contributed by atoms with Gasteiger partial charge in [0.1, 0.15) is 11.9 Å². The summed E-state index contributed by atoms with van der Waals surface area (Å²) in [6, 6.07) is 6.27. The van der Waals surface area contributed by atoms with E-state index in [4.69, 9.17) is 4.74 Å². The number of benzene rings is 1. The molecule has 6 nitrogen and oxygen atoms in total. The van der Waals surface area contributed by atoms with Gasteiger partial charge in [0, 0.05) is 62.8 Å². The number of hydrogen-bond acceptors (Lipinski definition) is 5. The van der Waals surface area contributed by atoms with Crippen molar-refractivity contribution in [3.63, 3.8) is 0 Å². The Morgan fingerprint density at radius 2 is 2.06 bits per heavy atom. The van der Waals surface area contributed by atoms with Crippen LogP contribution < -0.4 is 4.74 Å². The van der Waals surface area contributed by atoms with Crippen molar-refractivity contribution in [2.45, 2.75) is 70.2 Å². The van der Waals surface area contributed by atoms with Crippen molar-refractivity contribution in [2.75, 3.05) is 33.2 Å². The lowest BCUT2D eigenvalue weighted by Crippen LogP contribution is -2.47. The van der Waals surface area contributed by atoms with Crippen LogP contribution in [-0.4, -0.2) is 77.5 Å². The molecule has 6 atom stereocenters. The molecule has 2 fully saturated rings. The van der Waals surface area contributed by atoms with E-state index in [1.165, 1.54) is 0 Å². The quantitative estimate of drug-likeness (QED) is 0.442. The number of fused-ring (bicyclic) bond motifs is 3. The number of carbonyl (C=O) groups excluding carboxylic acids is 1. The predicted octanol–water partition coefficient (Wildman–Crippen LogP) is 2.98. The van der Waals surface area contributed by atoms with Crippen molar-refractivity contribution < 1.29 is 19.7 Å². The van der Waals surface area contributed by atoms with E-state index in [-0.39, 0.29) is 29.8 Å². The van der Waals surface area contributed by atoms with Gasteiger partial charge in [-0.3, -0.25) is 4.79 Å². The van der Waals surface area contributed by atoms with E-state index in [9.17, 15) is 15.0 Å². The number of nitrogens with zero attached hydrogens (tertiary/aromatic N) is 2. The number of para-hydroxylation sites is 1. The first-order valence-corrected chi connectivity index (χ1v) is 13.1. The standard InChI is InChI=1S/C29H40N2O4/c1-4-5-8-20(2)24(32)14-13-22-25(33)19-26-28(22)23-11-6-9-21(29(23)35-26)10-7-12-27(34)31-17-15-30(3)16-18-31/h6,9,11,13-14,20,22,24-26,28,32-33H,7-8,10,12,15-19H2,1-3H3/t20-,22+,24-,25-,26+,28+/m1/s1. The molecule has 2 aliphatic heterocycles. The fourth-order valence-corrected chi connectivity index (χ4v) is 5.62. The summed E-state index contributed by atoms with van der Waals surface area (Å²) in [6.45, 7) is 7.32. The fourth-order valence-electron chi connectivity index (χ4n) is 5.62. The highest BCUT2D eigenvalue weighted by Gasteiger charge is 2.48. The molecule has 1 saturated heterocycles. The van der Waals surface area contributed by atoms with Crippen LogP contribution in [0, 0.1) is 23.7 Å². The first kappa shape index (κ1) is 25.8. The van der Waals surface area contributed by atoms with E-state index >= 15 is 0 Å². The Balaban J connectivity index is 1.38. The highest BCUT2D eigenvalue weighted by Crippen LogP contribution is 2.52. The van der Waals surface area contributed by atoms with Crippen LogP contribution in [0.25, 0.3) is 0 Å². The maximum atomic E-state index is 12.6. The Labute approximate surface area is 210 Å². The molecular weight excluding hydrogens is 440 g/mol. The summed E-state index contributed by atoms with van der Waals surface area (Å²) >= 11 is 0. The maximum Gasteiger partial charge on any atom is 0.222 e. The lowest BCUT2D eigenvalue weighted by Gasteiger charge is -2.32. The number of amides is 1. The number of piperazine rings is 1. The minimum Gasteiger partial charge on any atom is -0.489 e. The largest absolute Gasteiger partial charge is 0.489 e. The number of aliphatic hydroxyl groups excluding tert-OH is 2. The number of ether oxygens (including phenoxy) is 1. The number of carbonyl (C=O) groups is 1. The minimum absolute atomic E-state index is 0.0420. The average Bonchev–Trinajstić information content (AvgIpc) is 3.36. The first-order chi connectivity index (χ1) is 16.9. The molecule has 1 aliphatic carbocycles. The van der Waals surface area contributed by atoms with E-state index in [0.717, 1.165) is 55.9 Å². The summed E-state index contributed by atoms with van der Waals surface area (Å²) in [7, 11) is 2.10. The number of aryl methyl sites for hydroxylation is 1. The third-order valence-electron chi connectivity index (χ3n) is 7.90. The molecule has 2 heterocycles. The van der Waals surface area contributed by atoms with Crippen molar-refractivity contribution in [3.05, 3.63) is 41.5 Å². The molecule has 35 heavy (non-hydrogen) atoms. The van der Waals surface area contributed by atoms with Gasteiger partial charge in [-0.15, -0.1) is 11.8 Å². The zero-order chi connectivity index (χ0) is 24.9. The summed E-state index contributed by atoms with van der Waals surface area (Å²) in [6.07, 6.45) is 6.07. The summed E-state index contributed by atoms with van der Waals surface area (Å²) in [5, 5.41) is 21.3. The van der Waals surface area contributed by atoms with Gasteiger partial charge in [-0.25, -0.2) is 0 Å². The monoisotopic (exact) mass is 480 g/mol. The van der Waals surface area contributed by atoms with Crippen LogP contribution in [0.3, 0.4) is 0 Å². The summed E-state index contributed by atoms with van der Waals surface area (Å²) in [5.74, 6) is 7.13. The Morgan fingerprint density at radius 1 is 1.29 bits per heavy atom. The second kappa shape index (κ2) is 11.6. The number of likely N-dealkylation sites (N-methyl/N-ethyl adjacent to an activating group) is 1. The van der Waals surface area contributed by atoms with Gasteiger partial charge in [-0.1, -0.05) is 37.3 Å². The Morgan fingerprint density at radius 3 is 2.80 bits per heavy atom. The molecule has 4 rings (SSSR count). The van der Waals surface area contributed by atoms with Crippen molar-refractivity contribution in [3.8, 4) is 17.6 Å². The fraction of sp³-hybridized carbons (Fsp3) is 0.621. The van der Waals surface area contributed by atoms with Crippen LogP contribution in [0.15, 0.2) is 30.4 Å². The van der Waals surface area contributed by atoms with Crippen LogP contribution in [0.4, 0.5) is 0 Å². The van der Waals surface area contributed by atoms with Gasteiger partial charge in [0.25, 0.3) is 0 Å². The zero-order valence-electron chi connectivity index (χ0n) is 21.3. The molecular formula is C29H40N2O4. The second-order valence-corrected chi connectivity index (χ2v) is 10.4. The van der Waals surface area contributed by atoms with E-state index in [1.54, 1.807) is 6.92 Å². The maximum absolute atomic E-state index is 12.6. The normalized spacial score (nSPS) is 27.6. The number of rotatable bonds is 8. The molecule has 1 amide bonds. The molecule has 0 aromatic heterocycles. The summed E-state index contributed by atoms with van der Waals surface area (Å²) < 4.78 is 6.38. The molecule has 2 N–H and O–H groups in total. The van der Waals surface area contributed by atoms with Crippen LogP contribution in [0.2, 0.25) is 0 Å². The first-order valence-electron chi connectivity index (χ1n) is 13.1. The smallest absolute Gasteiger partial charge is 0.222 e. The predicted molar refractivity (Wildman–Crippen MR) is 137 cm³/mol. The summed E-state index contributed by atoms with van der Waals surface area (Å²) in [5.41, 5.74) is 2.29. The molecule has 0 spiro atoms. The van der Waals surface area contributed by atoms with E-state index < -0.39 is 12.2 Å². The molecule has 0 radical (unpaired) electrons. The molecule has 0 bridgehead atoms. The molecule has 3 aliphatic rings. The Kier molecular flexibility index (Phi) is 8.54. The van der Waals surface area contributed by atoms with Crippen LogP contribution in [-0.2, 0) is 11.2 Å². The molecule has 0 unspecified atom stereocenters.